The predicted molar refractivity (Wildman–Crippen MR) is 67.9 cm³/mol. The summed E-state index contributed by atoms with van der Waals surface area (Å²) in [6.07, 6.45) is 5.07. The van der Waals surface area contributed by atoms with Crippen molar-refractivity contribution >= 4 is 17.7 Å². The van der Waals surface area contributed by atoms with Gasteiger partial charge in [0.05, 0.1) is 19.3 Å². The van der Waals surface area contributed by atoms with Crippen LogP contribution in [0.2, 0.25) is 0 Å². The Labute approximate surface area is 114 Å². The van der Waals surface area contributed by atoms with E-state index in [2.05, 4.69) is 9.72 Å². The van der Waals surface area contributed by atoms with Gasteiger partial charge in [0, 0.05) is 12.4 Å². The maximum Gasteiger partial charge on any atom is 0.319 e. The number of halogens is 2. The van der Waals surface area contributed by atoms with Crippen LogP contribution in [0.25, 0.3) is 0 Å². The molecule has 1 aliphatic rings. The first-order valence-electron chi connectivity index (χ1n) is 6.01. The molecule has 0 unspecified atom stereocenters. The molecule has 106 valence electrons. The molecular weight excluding hydrogens is 274 g/mol. The third-order valence-corrected chi connectivity index (χ3v) is 4.58. The van der Waals surface area contributed by atoms with E-state index in [-0.39, 0.29) is 11.4 Å². The molecule has 0 saturated heterocycles. The molecule has 0 atom stereocenters. The summed E-state index contributed by atoms with van der Waals surface area (Å²) in [6.45, 7) is -2.55. The van der Waals surface area contributed by atoms with Crippen LogP contribution in [0.1, 0.15) is 31.6 Å². The minimum absolute atomic E-state index is 0.0139. The first-order chi connectivity index (χ1) is 9.06. The molecule has 1 fully saturated rings. The van der Waals surface area contributed by atoms with Gasteiger partial charge in [0.1, 0.15) is 5.82 Å². The van der Waals surface area contributed by atoms with E-state index < -0.39 is 6.55 Å². The number of carbonyl (C=O) groups excluding carboxylic acids is 1. The number of carbonyl (C=O) groups is 1. The average molecular weight is 290 g/mol. The van der Waals surface area contributed by atoms with E-state index in [9.17, 15) is 13.6 Å². The highest BCUT2D eigenvalue weighted by atomic mass is 32.2. The van der Waals surface area contributed by atoms with Crippen molar-refractivity contribution in [3.05, 3.63) is 18.2 Å². The van der Waals surface area contributed by atoms with Crippen molar-refractivity contribution in [1.29, 1.82) is 0 Å². The lowest BCUT2D eigenvalue weighted by molar-refractivity contribution is -0.141. The van der Waals surface area contributed by atoms with Gasteiger partial charge in [0.25, 0.3) is 0 Å². The zero-order chi connectivity index (χ0) is 13.9. The standard InChI is InChI=1S/C12H16F2N2O2S/c1-18-10(17)6-12(2-3-12)8-19-7-9-15-4-5-16(9)11(13)14/h4-5,11H,2-3,6-8H2,1H3. The fraction of sp³-hybridized carbons (Fsp3) is 0.667. The second-order valence-electron chi connectivity index (χ2n) is 4.77. The van der Waals surface area contributed by atoms with Gasteiger partial charge in [-0.2, -0.15) is 20.5 Å². The van der Waals surface area contributed by atoms with Crippen LogP contribution in [0.3, 0.4) is 0 Å². The summed E-state index contributed by atoms with van der Waals surface area (Å²) in [5, 5.41) is 0. The third kappa shape index (κ3) is 3.68. The average Bonchev–Trinajstić information content (AvgIpc) is 2.95. The van der Waals surface area contributed by atoms with Crippen LogP contribution >= 0.6 is 11.8 Å². The molecular formula is C12H16F2N2O2S. The number of nitrogens with zero attached hydrogens (tertiary/aromatic N) is 2. The van der Waals surface area contributed by atoms with E-state index in [1.165, 1.54) is 19.5 Å². The lowest BCUT2D eigenvalue weighted by atomic mass is 10.1. The number of methoxy groups -OCH3 is 1. The van der Waals surface area contributed by atoms with Gasteiger partial charge in [0.15, 0.2) is 0 Å². The van der Waals surface area contributed by atoms with Crippen molar-refractivity contribution in [3.63, 3.8) is 0 Å². The normalized spacial score (nSPS) is 16.6. The van der Waals surface area contributed by atoms with Gasteiger partial charge in [-0.3, -0.25) is 9.36 Å². The van der Waals surface area contributed by atoms with Crippen molar-refractivity contribution in [2.75, 3.05) is 12.9 Å². The molecule has 0 aromatic carbocycles. The van der Waals surface area contributed by atoms with Crippen LogP contribution in [0.4, 0.5) is 8.78 Å². The van der Waals surface area contributed by atoms with Gasteiger partial charge < -0.3 is 4.74 Å². The lowest BCUT2D eigenvalue weighted by Gasteiger charge is -2.13. The van der Waals surface area contributed by atoms with Crippen molar-refractivity contribution < 1.29 is 18.3 Å². The molecule has 0 spiro atoms. The van der Waals surface area contributed by atoms with Crippen LogP contribution in [0.5, 0.6) is 0 Å². The zero-order valence-electron chi connectivity index (χ0n) is 10.6. The Bertz CT molecular complexity index is 447. The molecule has 0 radical (unpaired) electrons. The van der Waals surface area contributed by atoms with Crippen molar-refractivity contribution in [1.82, 2.24) is 9.55 Å². The molecule has 7 heteroatoms. The van der Waals surface area contributed by atoms with Gasteiger partial charge in [-0.05, 0) is 24.0 Å². The highest BCUT2D eigenvalue weighted by molar-refractivity contribution is 7.98. The van der Waals surface area contributed by atoms with E-state index in [0.717, 1.165) is 23.2 Å². The monoisotopic (exact) mass is 290 g/mol. The van der Waals surface area contributed by atoms with Crippen LogP contribution in [-0.4, -0.2) is 28.4 Å². The Morgan fingerprint density at radius 2 is 2.37 bits per heavy atom. The van der Waals surface area contributed by atoms with E-state index in [0.29, 0.717) is 18.0 Å². The van der Waals surface area contributed by atoms with Crippen molar-refractivity contribution in [3.8, 4) is 0 Å². The summed E-state index contributed by atoms with van der Waals surface area (Å²) in [4.78, 5) is 15.2. The van der Waals surface area contributed by atoms with E-state index >= 15 is 0 Å². The van der Waals surface area contributed by atoms with Crippen LogP contribution in [0, 0.1) is 5.41 Å². The Morgan fingerprint density at radius 3 is 2.95 bits per heavy atom. The predicted octanol–water partition coefficient (Wildman–Crippen LogP) is 2.85. The van der Waals surface area contributed by atoms with Crippen LogP contribution in [0.15, 0.2) is 12.4 Å². The van der Waals surface area contributed by atoms with Gasteiger partial charge >= 0.3 is 12.5 Å². The summed E-state index contributed by atoms with van der Waals surface area (Å²) >= 11 is 1.54. The molecule has 2 rings (SSSR count). The molecule has 0 aliphatic heterocycles. The van der Waals surface area contributed by atoms with Crippen LogP contribution in [-0.2, 0) is 15.3 Å². The molecule has 1 saturated carbocycles. The van der Waals surface area contributed by atoms with Gasteiger partial charge in [-0.25, -0.2) is 4.98 Å². The summed E-state index contributed by atoms with van der Waals surface area (Å²) in [6, 6.07) is 0. The number of hydrogen-bond donors (Lipinski definition) is 0. The van der Waals surface area contributed by atoms with E-state index in [1.54, 1.807) is 11.8 Å². The van der Waals surface area contributed by atoms with Crippen molar-refractivity contribution in [2.45, 2.75) is 31.6 Å². The summed E-state index contributed by atoms with van der Waals surface area (Å²) < 4.78 is 30.7. The first-order valence-corrected chi connectivity index (χ1v) is 7.16. The topological polar surface area (TPSA) is 44.1 Å². The SMILES string of the molecule is COC(=O)CC1(CSCc2nccn2C(F)F)CC1. The number of ether oxygens (including phenoxy) is 1. The molecule has 19 heavy (non-hydrogen) atoms. The number of alkyl halides is 2. The molecule has 1 aromatic rings. The molecule has 0 N–H and O–H groups in total. The van der Waals surface area contributed by atoms with Gasteiger partial charge in [0.2, 0.25) is 0 Å². The Morgan fingerprint density at radius 1 is 1.63 bits per heavy atom. The molecule has 1 aromatic heterocycles. The number of esters is 1. The van der Waals surface area contributed by atoms with Crippen molar-refractivity contribution in [2.24, 2.45) is 5.41 Å². The Balaban J connectivity index is 1.80. The maximum atomic E-state index is 12.6. The summed E-state index contributed by atoms with van der Waals surface area (Å²) in [7, 11) is 1.38. The minimum atomic E-state index is -2.55. The molecule has 1 aliphatic carbocycles. The number of aromatic nitrogens is 2. The molecule has 4 nitrogen and oxygen atoms in total. The molecule has 0 amide bonds. The quantitative estimate of drug-likeness (QED) is 0.724. The summed E-state index contributed by atoms with van der Waals surface area (Å²) in [5.41, 5.74) is 0.0139. The Hall–Kier alpha value is -1.11. The largest absolute Gasteiger partial charge is 0.469 e. The van der Waals surface area contributed by atoms with Gasteiger partial charge in [-0.15, -0.1) is 0 Å². The number of thioether (sulfide) groups is 1. The lowest BCUT2D eigenvalue weighted by Crippen LogP contribution is -2.13. The van der Waals surface area contributed by atoms with Crippen LogP contribution < -0.4 is 0 Å². The fourth-order valence-corrected chi connectivity index (χ4v) is 3.25. The van der Waals surface area contributed by atoms with E-state index in [1.807, 2.05) is 0 Å². The van der Waals surface area contributed by atoms with E-state index in [4.69, 9.17) is 0 Å². The minimum Gasteiger partial charge on any atom is -0.469 e. The first kappa shape index (κ1) is 14.3. The number of rotatable bonds is 7. The smallest absolute Gasteiger partial charge is 0.319 e. The molecule has 1 heterocycles. The fourth-order valence-electron chi connectivity index (χ4n) is 1.92. The number of imidazole rings is 1. The zero-order valence-corrected chi connectivity index (χ0v) is 11.5. The highest BCUT2D eigenvalue weighted by Crippen LogP contribution is 2.51. The summed E-state index contributed by atoms with van der Waals surface area (Å²) in [5.74, 6) is 1.37. The third-order valence-electron chi connectivity index (χ3n) is 3.30. The van der Waals surface area contributed by atoms with Gasteiger partial charge in [-0.1, -0.05) is 0 Å². The maximum absolute atomic E-state index is 12.6. The molecule has 0 bridgehead atoms. The second-order valence-corrected chi connectivity index (χ2v) is 5.76. The number of hydrogen-bond acceptors (Lipinski definition) is 4. The second kappa shape index (κ2) is 5.90. The Kier molecular flexibility index (Phi) is 4.44. The highest BCUT2D eigenvalue weighted by Gasteiger charge is 2.44.